The lowest BCUT2D eigenvalue weighted by Gasteiger charge is -2.57. The van der Waals surface area contributed by atoms with E-state index < -0.39 is 0 Å². The molecule has 0 amide bonds. The maximum absolute atomic E-state index is 5.65. The molecular weight excluding hydrogens is 432 g/mol. The van der Waals surface area contributed by atoms with Gasteiger partial charge in [-0.05, 0) is 138 Å². The van der Waals surface area contributed by atoms with Crippen molar-refractivity contribution in [2.45, 2.75) is 106 Å². The van der Waals surface area contributed by atoms with Crippen molar-refractivity contribution in [2.24, 2.45) is 35.5 Å². The molecule has 0 aromatic rings. The van der Waals surface area contributed by atoms with Gasteiger partial charge in [-0.1, -0.05) is 6.42 Å². The highest BCUT2D eigenvalue weighted by atomic mass is 32.1. The lowest BCUT2D eigenvalue weighted by molar-refractivity contribution is -0.0221. The van der Waals surface area contributed by atoms with Gasteiger partial charge in [-0.25, -0.2) is 0 Å². The molecule has 0 heterocycles. The van der Waals surface area contributed by atoms with E-state index in [1.807, 2.05) is 0 Å². The van der Waals surface area contributed by atoms with Gasteiger partial charge in [-0.15, -0.1) is 12.6 Å². The van der Waals surface area contributed by atoms with E-state index in [-0.39, 0.29) is 5.50 Å². The second-order valence-electron chi connectivity index (χ2n) is 12.9. The van der Waals surface area contributed by atoms with Gasteiger partial charge in [0.15, 0.2) is 5.11 Å². The van der Waals surface area contributed by atoms with Crippen LogP contribution >= 0.6 is 24.8 Å². The van der Waals surface area contributed by atoms with Crippen molar-refractivity contribution >= 4 is 30.0 Å². The second-order valence-corrected chi connectivity index (χ2v) is 13.8. The zero-order valence-corrected chi connectivity index (χ0v) is 21.4. The topological polar surface area (TPSA) is 48.1 Å². The Morgan fingerprint density at radius 1 is 0.750 bits per heavy atom. The minimum absolute atomic E-state index is 0.136. The molecule has 4 nitrogen and oxygen atoms in total. The summed E-state index contributed by atoms with van der Waals surface area (Å²) in [5, 5.41) is 15.7. The first-order chi connectivity index (χ1) is 15.5. The number of hydrogen-bond donors (Lipinski definition) is 5. The van der Waals surface area contributed by atoms with Gasteiger partial charge in [0.05, 0.1) is 0 Å². The molecule has 8 bridgehead atoms. The van der Waals surface area contributed by atoms with Gasteiger partial charge < -0.3 is 10.6 Å². The van der Waals surface area contributed by atoms with Crippen LogP contribution in [0.3, 0.4) is 0 Å². The van der Waals surface area contributed by atoms with Crippen molar-refractivity contribution in [1.82, 2.24) is 21.3 Å². The molecule has 8 rings (SSSR count). The fraction of sp³-hybridized carbons (Fsp3) is 0.962. The molecular formula is C26H44N4S2. The third-order valence-electron chi connectivity index (χ3n) is 10.3. The van der Waals surface area contributed by atoms with Crippen molar-refractivity contribution in [2.75, 3.05) is 13.1 Å². The summed E-state index contributed by atoms with van der Waals surface area (Å²) in [6, 6.07) is 0. The van der Waals surface area contributed by atoms with E-state index >= 15 is 0 Å². The first-order valence-electron chi connectivity index (χ1n) is 13.7. The summed E-state index contributed by atoms with van der Waals surface area (Å²) in [6.45, 7) is 2.04. The van der Waals surface area contributed by atoms with Gasteiger partial charge in [0.2, 0.25) is 0 Å². The molecule has 3 atom stereocenters. The largest absolute Gasteiger partial charge is 0.363 e. The lowest BCUT2D eigenvalue weighted by Crippen LogP contribution is -2.62. The Hall–Kier alpha value is -0.0400. The van der Waals surface area contributed by atoms with Crippen LogP contribution in [-0.4, -0.2) is 34.8 Å². The summed E-state index contributed by atoms with van der Waals surface area (Å²) in [4.78, 5) is 0. The first-order valence-corrected chi connectivity index (χ1v) is 14.7. The van der Waals surface area contributed by atoms with E-state index in [4.69, 9.17) is 24.8 Å². The van der Waals surface area contributed by atoms with E-state index in [0.717, 1.165) is 53.7 Å². The van der Waals surface area contributed by atoms with Gasteiger partial charge in [0.1, 0.15) is 5.50 Å². The summed E-state index contributed by atoms with van der Waals surface area (Å²) in [6.07, 6.45) is 19.4. The molecule has 0 aromatic heterocycles. The fourth-order valence-electron chi connectivity index (χ4n) is 9.74. The summed E-state index contributed by atoms with van der Waals surface area (Å²) in [5.41, 5.74) is 0.867. The summed E-state index contributed by atoms with van der Waals surface area (Å²) in [7, 11) is 0. The van der Waals surface area contributed by atoms with Crippen LogP contribution in [0.2, 0.25) is 0 Å². The monoisotopic (exact) mass is 476 g/mol. The maximum Gasteiger partial charge on any atom is 0.166 e. The second kappa shape index (κ2) is 8.87. The molecule has 8 aliphatic carbocycles. The number of unbranched alkanes of at least 4 members (excludes halogenated alkanes) is 2. The van der Waals surface area contributed by atoms with Gasteiger partial charge in [0, 0.05) is 17.6 Å². The zero-order chi connectivity index (χ0) is 21.8. The number of thiol groups is 1. The van der Waals surface area contributed by atoms with Crippen LogP contribution in [0.15, 0.2) is 0 Å². The number of thiocarbonyl (C=S) groups is 1. The Morgan fingerprint density at radius 2 is 1.31 bits per heavy atom. The summed E-state index contributed by atoms with van der Waals surface area (Å²) >= 11 is 10.5. The molecule has 0 saturated heterocycles. The number of rotatable bonds is 10. The standard InChI is InChI=1S/C26H44N4S2/c31-23(29-25-11-17-6-18(12-25)8-19(7-17)13-25)27-4-2-1-3-5-28-24(32)30-26-14-20-9-21(15-26)22(10-20)16-26/h17-23,27,29,31H,1-16H2,(H2,28,30,32). The summed E-state index contributed by atoms with van der Waals surface area (Å²) < 4.78 is 0. The highest BCUT2D eigenvalue weighted by molar-refractivity contribution is 7.80. The van der Waals surface area contributed by atoms with E-state index in [9.17, 15) is 0 Å². The zero-order valence-electron chi connectivity index (χ0n) is 19.7. The minimum Gasteiger partial charge on any atom is -0.363 e. The molecule has 32 heavy (non-hydrogen) atoms. The third kappa shape index (κ3) is 4.59. The average Bonchev–Trinajstić information content (AvgIpc) is 3.11. The maximum atomic E-state index is 5.65. The van der Waals surface area contributed by atoms with Crippen molar-refractivity contribution in [3.8, 4) is 0 Å². The summed E-state index contributed by atoms with van der Waals surface area (Å²) in [5.74, 6) is 5.92. The van der Waals surface area contributed by atoms with Crippen LogP contribution in [0.25, 0.3) is 0 Å². The van der Waals surface area contributed by atoms with Crippen molar-refractivity contribution in [1.29, 1.82) is 0 Å². The van der Waals surface area contributed by atoms with Crippen LogP contribution in [-0.2, 0) is 0 Å². The molecule has 0 spiro atoms. The van der Waals surface area contributed by atoms with Crippen molar-refractivity contribution in [3.05, 3.63) is 0 Å². The van der Waals surface area contributed by atoms with Gasteiger partial charge in [-0.3, -0.25) is 10.6 Å². The fourth-order valence-corrected chi connectivity index (χ4v) is 10.5. The Kier molecular flexibility index (Phi) is 6.22. The smallest absolute Gasteiger partial charge is 0.166 e. The van der Waals surface area contributed by atoms with Gasteiger partial charge in [0.25, 0.3) is 0 Å². The van der Waals surface area contributed by atoms with Crippen molar-refractivity contribution < 1.29 is 0 Å². The molecule has 6 heteroatoms. The van der Waals surface area contributed by atoms with E-state index in [1.54, 1.807) is 0 Å². The van der Waals surface area contributed by atoms with Crippen molar-refractivity contribution in [3.63, 3.8) is 0 Å². The Morgan fingerprint density at radius 3 is 1.94 bits per heavy atom. The molecule has 0 radical (unpaired) electrons. The Bertz CT molecular complexity index is 657. The van der Waals surface area contributed by atoms with Crippen LogP contribution in [0, 0.1) is 35.5 Å². The SMILES string of the molecule is S=C(NCCCCCNC(S)NC12CC3CC(CC(C3)C1)C2)NC12CC3CC(C1)C(C3)C2. The molecule has 0 aliphatic heterocycles. The average molecular weight is 477 g/mol. The highest BCUT2D eigenvalue weighted by Crippen LogP contribution is 2.60. The molecule has 0 aromatic carbocycles. The molecule has 3 unspecified atom stereocenters. The molecule has 8 aliphatic rings. The minimum atomic E-state index is 0.136. The molecule has 4 N–H and O–H groups in total. The van der Waals surface area contributed by atoms with Crippen LogP contribution < -0.4 is 21.3 Å². The number of nitrogens with one attached hydrogen (secondary N) is 4. The first kappa shape index (κ1) is 22.4. The predicted molar refractivity (Wildman–Crippen MR) is 139 cm³/mol. The predicted octanol–water partition coefficient (Wildman–Crippen LogP) is 4.56. The van der Waals surface area contributed by atoms with Gasteiger partial charge in [-0.2, -0.15) is 0 Å². The van der Waals surface area contributed by atoms with Crippen LogP contribution in [0.1, 0.15) is 89.9 Å². The quantitative estimate of drug-likeness (QED) is 0.138. The normalized spacial score (nSPS) is 46.0. The van der Waals surface area contributed by atoms with E-state index in [1.165, 1.54) is 89.9 Å². The van der Waals surface area contributed by atoms with E-state index in [0.29, 0.717) is 11.1 Å². The molecule has 180 valence electrons. The molecule has 8 saturated carbocycles. The third-order valence-corrected chi connectivity index (χ3v) is 10.8. The highest BCUT2D eigenvalue weighted by Gasteiger charge is 2.56. The van der Waals surface area contributed by atoms with Crippen LogP contribution in [0.5, 0.6) is 0 Å². The Labute approximate surface area is 206 Å². The molecule has 8 fully saturated rings. The van der Waals surface area contributed by atoms with Crippen LogP contribution in [0.4, 0.5) is 0 Å². The van der Waals surface area contributed by atoms with E-state index in [2.05, 4.69) is 21.3 Å². The lowest BCUT2D eigenvalue weighted by atomic mass is 9.53. The Balaban J connectivity index is 0.831. The van der Waals surface area contributed by atoms with Gasteiger partial charge >= 0.3 is 0 Å². The number of hydrogen-bond acceptors (Lipinski definition) is 4.